The smallest absolute Gasteiger partial charge is 0.230 e. The highest BCUT2D eigenvalue weighted by Gasteiger charge is 2.10. The largest absolute Gasteiger partial charge is 0.358 e. The Morgan fingerprint density at radius 1 is 1.33 bits per heavy atom. The zero-order valence-corrected chi connectivity index (χ0v) is 12.0. The zero-order valence-electron chi connectivity index (χ0n) is 11.2. The summed E-state index contributed by atoms with van der Waals surface area (Å²) in [6.07, 6.45) is 3.46. The van der Waals surface area contributed by atoms with E-state index in [0.29, 0.717) is 10.8 Å². The van der Waals surface area contributed by atoms with Gasteiger partial charge in [-0.3, -0.25) is 9.78 Å². The van der Waals surface area contributed by atoms with E-state index in [4.69, 9.17) is 0 Å². The van der Waals surface area contributed by atoms with Crippen molar-refractivity contribution in [1.29, 1.82) is 0 Å². The Balaban J connectivity index is 1.94. The van der Waals surface area contributed by atoms with E-state index < -0.39 is 0 Å². The number of rotatable bonds is 4. The summed E-state index contributed by atoms with van der Waals surface area (Å²) in [6.45, 7) is 0. The molecule has 0 unspecified atom stereocenters. The molecule has 8 heteroatoms. The minimum Gasteiger partial charge on any atom is -0.358 e. The fraction of sp³-hybridized carbons (Fsp3) is 0.154. The average molecular weight is 300 g/mol. The third kappa shape index (κ3) is 2.84. The molecule has 0 saturated carbocycles. The monoisotopic (exact) mass is 300 g/mol. The van der Waals surface area contributed by atoms with Crippen LogP contribution in [0.1, 0.15) is 0 Å². The number of aromatic nitrogens is 5. The van der Waals surface area contributed by atoms with Gasteiger partial charge in [-0.1, -0.05) is 11.8 Å². The van der Waals surface area contributed by atoms with E-state index in [1.807, 2.05) is 24.3 Å². The number of nitrogens with one attached hydrogen (secondary N) is 1. The summed E-state index contributed by atoms with van der Waals surface area (Å²) in [5, 5.41) is 15.8. The van der Waals surface area contributed by atoms with Crippen molar-refractivity contribution >= 4 is 23.3 Å². The van der Waals surface area contributed by atoms with Crippen molar-refractivity contribution in [2.75, 3.05) is 12.8 Å². The highest BCUT2D eigenvalue weighted by atomic mass is 32.2. The molecule has 0 saturated heterocycles. The third-order valence-electron chi connectivity index (χ3n) is 2.80. The molecule has 0 aliphatic carbocycles. The molecule has 0 bridgehead atoms. The first-order chi connectivity index (χ1) is 10.3. The minimum atomic E-state index is -0.0693. The van der Waals surface area contributed by atoms with E-state index in [-0.39, 0.29) is 11.7 Å². The molecule has 0 aromatic carbocycles. The van der Waals surface area contributed by atoms with Crippen molar-refractivity contribution in [2.24, 2.45) is 0 Å². The number of carbonyl (C=O) groups is 1. The Hall–Kier alpha value is -2.48. The van der Waals surface area contributed by atoms with E-state index in [1.54, 1.807) is 24.0 Å². The molecule has 0 aliphatic heterocycles. The van der Waals surface area contributed by atoms with Gasteiger partial charge >= 0.3 is 0 Å². The topological polar surface area (TPSA) is 85.1 Å². The van der Waals surface area contributed by atoms with Crippen molar-refractivity contribution in [3.8, 4) is 11.3 Å². The second-order valence-electron chi connectivity index (χ2n) is 4.17. The van der Waals surface area contributed by atoms with Crippen LogP contribution in [0.3, 0.4) is 0 Å². The number of fused-ring (bicyclic) bond motifs is 1. The van der Waals surface area contributed by atoms with Crippen molar-refractivity contribution in [1.82, 2.24) is 30.1 Å². The fourth-order valence-corrected chi connectivity index (χ4v) is 2.49. The summed E-state index contributed by atoms with van der Waals surface area (Å²) < 4.78 is 1.63. The zero-order chi connectivity index (χ0) is 14.7. The van der Waals surface area contributed by atoms with Gasteiger partial charge in [0.25, 0.3) is 0 Å². The lowest BCUT2D eigenvalue weighted by Gasteiger charge is -2.02. The Kier molecular flexibility index (Phi) is 3.78. The van der Waals surface area contributed by atoms with Crippen LogP contribution in [0.25, 0.3) is 16.9 Å². The van der Waals surface area contributed by atoms with Gasteiger partial charge in [0.15, 0.2) is 5.65 Å². The summed E-state index contributed by atoms with van der Waals surface area (Å²) in [6, 6.07) is 7.50. The highest BCUT2D eigenvalue weighted by Crippen LogP contribution is 2.19. The average Bonchev–Trinajstić information content (AvgIpc) is 2.95. The third-order valence-corrected chi connectivity index (χ3v) is 3.72. The predicted octanol–water partition coefficient (Wildman–Crippen LogP) is 1.02. The standard InChI is InChI=1S/C13H12N6OS/c1-14-12(20)8-21-13-17-16-11-5-4-10(18-19(11)13)9-3-2-6-15-7-9/h2-7H,8H2,1H3,(H,14,20). The van der Waals surface area contributed by atoms with Crippen LogP contribution in [0.15, 0.2) is 41.8 Å². The second-order valence-corrected chi connectivity index (χ2v) is 5.12. The SMILES string of the molecule is CNC(=O)CSc1nnc2ccc(-c3cccnc3)nn12. The molecule has 106 valence electrons. The van der Waals surface area contributed by atoms with Gasteiger partial charge in [-0.15, -0.1) is 10.2 Å². The molecule has 7 nitrogen and oxygen atoms in total. The number of nitrogens with zero attached hydrogens (tertiary/aromatic N) is 5. The molecule has 0 fully saturated rings. The minimum absolute atomic E-state index is 0.0693. The van der Waals surface area contributed by atoms with Crippen LogP contribution in [-0.4, -0.2) is 43.5 Å². The van der Waals surface area contributed by atoms with Gasteiger partial charge < -0.3 is 5.32 Å². The Bertz CT molecular complexity index is 773. The van der Waals surface area contributed by atoms with Crippen LogP contribution in [0.4, 0.5) is 0 Å². The van der Waals surface area contributed by atoms with E-state index in [2.05, 4.69) is 25.6 Å². The normalized spacial score (nSPS) is 10.7. The lowest BCUT2D eigenvalue weighted by atomic mass is 10.2. The molecule has 3 aromatic rings. The maximum absolute atomic E-state index is 11.3. The molecule has 1 amide bonds. The first-order valence-electron chi connectivity index (χ1n) is 6.24. The van der Waals surface area contributed by atoms with Crippen LogP contribution in [0.5, 0.6) is 0 Å². The lowest BCUT2D eigenvalue weighted by molar-refractivity contribution is -0.118. The number of pyridine rings is 1. The fourth-order valence-electron chi connectivity index (χ4n) is 1.73. The Morgan fingerprint density at radius 3 is 3.00 bits per heavy atom. The van der Waals surface area contributed by atoms with E-state index in [1.165, 1.54) is 11.8 Å². The van der Waals surface area contributed by atoms with Crippen molar-refractivity contribution in [2.45, 2.75) is 5.16 Å². The van der Waals surface area contributed by atoms with Gasteiger partial charge in [-0.05, 0) is 24.3 Å². The summed E-state index contributed by atoms with van der Waals surface area (Å²) >= 11 is 1.29. The number of hydrogen-bond donors (Lipinski definition) is 1. The molecular weight excluding hydrogens is 288 g/mol. The van der Waals surface area contributed by atoms with Gasteiger partial charge in [-0.2, -0.15) is 9.61 Å². The van der Waals surface area contributed by atoms with E-state index in [9.17, 15) is 4.79 Å². The van der Waals surface area contributed by atoms with Gasteiger partial charge in [0.1, 0.15) is 0 Å². The van der Waals surface area contributed by atoms with Gasteiger partial charge in [-0.25, -0.2) is 0 Å². The van der Waals surface area contributed by atoms with Crippen molar-refractivity contribution < 1.29 is 4.79 Å². The molecule has 1 N–H and O–H groups in total. The summed E-state index contributed by atoms with van der Waals surface area (Å²) in [4.78, 5) is 15.4. The van der Waals surface area contributed by atoms with Gasteiger partial charge in [0.2, 0.25) is 11.1 Å². The van der Waals surface area contributed by atoms with Gasteiger partial charge in [0, 0.05) is 25.0 Å². The number of thioether (sulfide) groups is 1. The molecule has 0 aliphatic rings. The number of carbonyl (C=O) groups excluding carboxylic acids is 1. The summed E-state index contributed by atoms with van der Waals surface area (Å²) in [7, 11) is 1.60. The second kappa shape index (κ2) is 5.88. The Morgan fingerprint density at radius 2 is 2.24 bits per heavy atom. The molecule has 3 aromatic heterocycles. The van der Waals surface area contributed by atoms with Crippen LogP contribution in [-0.2, 0) is 4.79 Å². The first-order valence-corrected chi connectivity index (χ1v) is 7.23. The molecule has 3 heterocycles. The Labute approximate surface area is 124 Å². The van der Waals surface area contributed by atoms with Gasteiger partial charge in [0.05, 0.1) is 11.4 Å². The highest BCUT2D eigenvalue weighted by molar-refractivity contribution is 7.99. The lowest BCUT2D eigenvalue weighted by Crippen LogP contribution is -2.19. The summed E-state index contributed by atoms with van der Waals surface area (Å²) in [5.41, 5.74) is 2.33. The first kappa shape index (κ1) is 13.5. The van der Waals surface area contributed by atoms with Crippen LogP contribution >= 0.6 is 11.8 Å². The van der Waals surface area contributed by atoms with Crippen LogP contribution in [0, 0.1) is 0 Å². The number of amides is 1. The predicted molar refractivity (Wildman–Crippen MR) is 78.8 cm³/mol. The van der Waals surface area contributed by atoms with Crippen molar-refractivity contribution in [3.05, 3.63) is 36.7 Å². The maximum atomic E-state index is 11.3. The van der Waals surface area contributed by atoms with E-state index in [0.717, 1.165) is 11.3 Å². The molecule has 0 atom stereocenters. The van der Waals surface area contributed by atoms with Crippen LogP contribution in [0.2, 0.25) is 0 Å². The molecule has 0 spiro atoms. The maximum Gasteiger partial charge on any atom is 0.230 e. The number of hydrogen-bond acceptors (Lipinski definition) is 6. The molecule has 0 radical (unpaired) electrons. The van der Waals surface area contributed by atoms with E-state index >= 15 is 0 Å². The van der Waals surface area contributed by atoms with Crippen LogP contribution < -0.4 is 5.32 Å². The molecule has 21 heavy (non-hydrogen) atoms. The summed E-state index contributed by atoms with van der Waals surface area (Å²) in [5.74, 6) is 0.205. The van der Waals surface area contributed by atoms with Crippen molar-refractivity contribution in [3.63, 3.8) is 0 Å². The molecule has 3 rings (SSSR count). The molecular formula is C13H12N6OS. The quantitative estimate of drug-likeness (QED) is 0.724.